The molecule has 1 aromatic rings. The van der Waals surface area contributed by atoms with Crippen LogP contribution in [0.15, 0.2) is 6.07 Å². The molecule has 0 heterocycles. The number of carboxylic acid groups (broad SMARTS) is 1. The van der Waals surface area contributed by atoms with Crippen LogP contribution in [0.25, 0.3) is 0 Å². The summed E-state index contributed by atoms with van der Waals surface area (Å²) in [4.78, 5) is 19.8. The number of carbonyl (C=O) groups is 1. The van der Waals surface area contributed by atoms with Crippen molar-refractivity contribution in [3.8, 4) is 0 Å². The standard InChI is InChI=1S/C8H5F2NO4/c1-3-5(11(14)15)2-4(8(12)13)7(10)6(3)9/h2H,1H3,(H,12,13). The maximum Gasteiger partial charge on any atom is 0.339 e. The van der Waals surface area contributed by atoms with Gasteiger partial charge in [0.1, 0.15) is 5.56 Å². The number of aromatic carboxylic acids is 1. The molecule has 0 spiro atoms. The van der Waals surface area contributed by atoms with Crippen LogP contribution in [0.5, 0.6) is 0 Å². The highest BCUT2D eigenvalue weighted by atomic mass is 19.2. The van der Waals surface area contributed by atoms with E-state index in [2.05, 4.69) is 0 Å². The minimum absolute atomic E-state index is 0.496. The number of rotatable bonds is 2. The van der Waals surface area contributed by atoms with Crippen molar-refractivity contribution in [2.45, 2.75) is 6.92 Å². The summed E-state index contributed by atoms with van der Waals surface area (Å²) >= 11 is 0. The first-order valence-corrected chi connectivity index (χ1v) is 3.72. The summed E-state index contributed by atoms with van der Waals surface area (Å²) < 4.78 is 26.0. The molecule has 0 aliphatic heterocycles. The number of halogens is 2. The van der Waals surface area contributed by atoms with Gasteiger partial charge >= 0.3 is 5.97 Å². The highest BCUT2D eigenvalue weighted by Crippen LogP contribution is 2.25. The van der Waals surface area contributed by atoms with Crippen molar-refractivity contribution in [1.82, 2.24) is 0 Å². The molecule has 0 fully saturated rings. The first kappa shape index (κ1) is 11.0. The van der Waals surface area contributed by atoms with Gasteiger partial charge in [0.25, 0.3) is 5.69 Å². The minimum Gasteiger partial charge on any atom is -0.478 e. The van der Waals surface area contributed by atoms with Crippen molar-refractivity contribution in [3.05, 3.63) is 38.9 Å². The molecule has 80 valence electrons. The van der Waals surface area contributed by atoms with Gasteiger partial charge in [0.05, 0.1) is 10.5 Å². The Hall–Kier alpha value is -2.05. The minimum atomic E-state index is -1.76. The molecule has 0 aromatic heterocycles. The van der Waals surface area contributed by atoms with Gasteiger partial charge in [-0.15, -0.1) is 0 Å². The van der Waals surface area contributed by atoms with E-state index in [1.54, 1.807) is 0 Å². The normalized spacial score (nSPS) is 10.1. The van der Waals surface area contributed by atoms with E-state index >= 15 is 0 Å². The molecule has 0 aliphatic carbocycles. The Morgan fingerprint density at radius 1 is 1.47 bits per heavy atom. The number of hydrogen-bond donors (Lipinski definition) is 1. The molecule has 7 heteroatoms. The highest BCUT2D eigenvalue weighted by molar-refractivity contribution is 5.89. The first-order chi connectivity index (χ1) is 6.86. The fourth-order valence-electron chi connectivity index (χ4n) is 1.05. The van der Waals surface area contributed by atoms with E-state index in [1.807, 2.05) is 0 Å². The summed E-state index contributed by atoms with van der Waals surface area (Å²) in [7, 11) is 0. The van der Waals surface area contributed by atoms with Crippen LogP contribution in [0.4, 0.5) is 14.5 Å². The summed E-state index contributed by atoms with van der Waals surface area (Å²) in [6, 6.07) is 0.496. The summed E-state index contributed by atoms with van der Waals surface area (Å²) in [6.07, 6.45) is 0. The lowest BCUT2D eigenvalue weighted by molar-refractivity contribution is -0.385. The molecule has 0 amide bonds. The fourth-order valence-corrected chi connectivity index (χ4v) is 1.05. The van der Waals surface area contributed by atoms with E-state index in [-0.39, 0.29) is 0 Å². The van der Waals surface area contributed by atoms with E-state index < -0.39 is 39.3 Å². The number of nitrogens with zero attached hydrogens (tertiary/aromatic N) is 1. The van der Waals surface area contributed by atoms with E-state index in [0.29, 0.717) is 6.07 Å². The topological polar surface area (TPSA) is 80.4 Å². The molecule has 0 bridgehead atoms. The molecule has 1 aromatic carbocycles. The zero-order chi connectivity index (χ0) is 11.7. The lowest BCUT2D eigenvalue weighted by atomic mass is 10.1. The lowest BCUT2D eigenvalue weighted by Gasteiger charge is -2.03. The SMILES string of the molecule is Cc1c([N+](=O)[O-])cc(C(=O)O)c(F)c1F. The van der Waals surface area contributed by atoms with Crippen molar-refractivity contribution in [2.24, 2.45) is 0 Å². The summed E-state index contributed by atoms with van der Waals surface area (Å²) in [6.45, 7) is 1.00. The van der Waals surface area contributed by atoms with Crippen molar-refractivity contribution in [2.75, 3.05) is 0 Å². The van der Waals surface area contributed by atoms with Crippen LogP contribution in [0.1, 0.15) is 15.9 Å². The second-order valence-corrected chi connectivity index (χ2v) is 2.76. The number of benzene rings is 1. The number of nitro groups is 1. The Labute approximate surface area is 82.1 Å². The van der Waals surface area contributed by atoms with Gasteiger partial charge in [-0.1, -0.05) is 0 Å². The fraction of sp³-hybridized carbons (Fsp3) is 0.125. The molecule has 1 N–H and O–H groups in total. The monoisotopic (exact) mass is 217 g/mol. The zero-order valence-electron chi connectivity index (χ0n) is 7.45. The van der Waals surface area contributed by atoms with E-state index in [4.69, 9.17) is 5.11 Å². The van der Waals surface area contributed by atoms with Gasteiger partial charge in [-0.05, 0) is 6.92 Å². The third kappa shape index (κ3) is 1.76. The van der Waals surface area contributed by atoms with Gasteiger partial charge < -0.3 is 5.11 Å². The number of carboxylic acids is 1. The van der Waals surface area contributed by atoms with Gasteiger partial charge in [-0.2, -0.15) is 0 Å². The third-order valence-corrected chi connectivity index (χ3v) is 1.85. The van der Waals surface area contributed by atoms with Gasteiger partial charge in [0, 0.05) is 6.07 Å². The molecular formula is C8H5F2NO4. The quantitative estimate of drug-likeness (QED) is 0.605. The van der Waals surface area contributed by atoms with Gasteiger partial charge in [-0.25, -0.2) is 13.6 Å². The van der Waals surface area contributed by atoms with Crippen LogP contribution < -0.4 is 0 Å². The van der Waals surface area contributed by atoms with Gasteiger partial charge in [-0.3, -0.25) is 10.1 Å². The zero-order valence-corrected chi connectivity index (χ0v) is 7.45. The third-order valence-electron chi connectivity index (χ3n) is 1.85. The van der Waals surface area contributed by atoms with Crippen LogP contribution in [0.3, 0.4) is 0 Å². The van der Waals surface area contributed by atoms with Gasteiger partial charge in [0.15, 0.2) is 11.6 Å². The van der Waals surface area contributed by atoms with E-state index in [1.165, 1.54) is 0 Å². The molecule has 0 aliphatic rings. The molecule has 0 saturated carbocycles. The van der Waals surface area contributed by atoms with Crippen LogP contribution >= 0.6 is 0 Å². The second-order valence-electron chi connectivity index (χ2n) is 2.76. The van der Waals surface area contributed by atoms with E-state index in [9.17, 15) is 23.7 Å². The first-order valence-electron chi connectivity index (χ1n) is 3.72. The van der Waals surface area contributed by atoms with Gasteiger partial charge in [0.2, 0.25) is 0 Å². The van der Waals surface area contributed by atoms with Crippen molar-refractivity contribution < 1.29 is 23.6 Å². The van der Waals surface area contributed by atoms with Crippen molar-refractivity contribution >= 4 is 11.7 Å². The predicted octanol–water partition coefficient (Wildman–Crippen LogP) is 1.88. The summed E-state index contributed by atoms with van der Waals surface area (Å²) in [5.74, 6) is -4.86. The summed E-state index contributed by atoms with van der Waals surface area (Å²) in [5, 5.41) is 18.8. The van der Waals surface area contributed by atoms with E-state index in [0.717, 1.165) is 6.92 Å². The molecule has 15 heavy (non-hydrogen) atoms. The molecule has 0 radical (unpaired) electrons. The Bertz CT molecular complexity index is 420. The lowest BCUT2D eigenvalue weighted by Crippen LogP contribution is -2.07. The van der Waals surface area contributed by atoms with Crippen LogP contribution in [0, 0.1) is 28.7 Å². The maximum atomic E-state index is 13.0. The van der Waals surface area contributed by atoms with Crippen molar-refractivity contribution in [3.63, 3.8) is 0 Å². The Kier molecular flexibility index (Phi) is 2.65. The van der Waals surface area contributed by atoms with Crippen LogP contribution in [-0.4, -0.2) is 16.0 Å². The molecule has 1 rings (SSSR count). The highest BCUT2D eigenvalue weighted by Gasteiger charge is 2.25. The number of hydrogen-bond acceptors (Lipinski definition) is 3. The molecule has 0 unspecified atom stereocenters. The van der Waals surface area contributed by atoms with Crippen LogP contribution in [0.2, 0.25) is 0 Å². The second kappa shape index (κ2) is 3.60. The maximum absolute atomic E-state index is 13.0. The predicted molar refractivity (Wildman–Crippen MR) is 44.7 cm³/mol. The Morgan fingerprint density at radius 2 is 2.00 bits per heavy atom. The summed E-state index contributed by atoms with van der Waals surface area (Å²) in [5.41, 5.74) is -2.33. The molecule has 0 saturated heterocycles. The Morgan fingerprint density at radius 3 is 2.40 bits per heavy atom. The largest absolute Gasteiger partial charge is 0.478 e. The molecule has 5 nitrogen and oxygen atoms in total. The Balaban J connectivity index is 3.59. The molecule has 0 atom stereocenters. The van der Waals surface area contributed by atoms with Crippen molar-refractivity contribution in [1.29, 1.82) is 0 Å². The number of nitro benzene ring substituents is 1. The average Bonchev–Trinajstić information content (AvgIpc) is 2.13. The smallest absolute Gasteiger partial charge is 0.339 e. The average molecular weight is 217 g/mol. The van der Waals surface area contributed by atoms with Crippen LogP contribution in [-0.2, 0) is 0 Å². The molecular weight excluding hydrogens is 212 g/mol.